The number of rotatable bonds is 7. The minimum Gasteiger partial charge on any atom is -0.491 e. The van der Waals surface area contributed by atoms with E-state index < -0.39 is 0 Å². The average Bonchev–Trinajstić information content (AvgIpc) is 3.09. The molecule has 7 nitrogen and oxygen atoms in total. The van der Waals surface area contributed by atoms with Gasteiger partial charge in [-0.3, -0.25) is 10.2 Å². The van der Waals surface area contributed by atoms with Gasteiger partial charge in [-0.15, -0.1) is 11.3 Å². The molecule has 0 atom stereocenters. The van der Waals surface area contributed by atoms with Gasteiger partial charge in [-0.2, -0.15) is 0 Å². The van der Waals surface area contributed by atoms with Crippen LogP contribution in [-0.4, -0.2) is 48.7 Å². The van der Waals surface area contributed by atoms with E-state index in [1.54, 1.807) is 0 Å². The van der Waals surface area contributed by atoms with Crippen molar-refractivity contribution >= 4 is 28.2 Å². The average molecular weight is 404 g/mol. The number of hydrogen-bond donors (Lipinski definition) is 3. The number of amides is 2. The molecule has 1 aromatic heterocycles. The third-order valence-corrected chi connectivity index (χ3v) is 5.13. The van der Waals surface area contributed by atoms with Crippen LogP contribution in [0.4, 0.5) is 15.6 Å². The van der Waals surface area contributed by atoms with Crippen molar-refractivity contribution in [3.8, 4) is 5.75 Å². The van der Waals surface area contributed by atoms with Gasteiger partial charge in [-0.05, 0) is 30.5 Å². The topological polar surface area (TPSA) is 78.5 Å². The van der Waals surface area contributed by atoms with E-state index in [9.17, 15) is 4.79 Å². The van der Waals surface area contributed by atoms with Crippen LogP contribution in [-0.2, 0) is 6.54 Å². The second kappa shape index (κ2) is 9.86. The van der Waals surface area contributed by atoms with Crippen LogP contribution in [0, 0.1) is 12.8 Å². The van der Waals surface area contributed by atoms with Gasteiger partial charge in [0.15, 0.2) is 5.13 Å². The Hall–Kier alpha value is -2.16. The lowest BCUT2D eigenvalue weighted by Gasteiger charge is -2.26. The van der Waals surface area contributed by atoms with Crippen molar-refractivity contribution < 1.29 is 9.53 Å². The van der Waals surface area contributed by atoms with Crippen LogP contribution in [0.3, 0.4) is 0 Å². The zero-order chi connectivity index (χ0) is 19.9. The fraction of sp³-hybridized carbons (Fsp3) is 0.500. The smallest absolute Gasteiger partial charge is 0.325 e. The van der Waals surface area contributed by atoms with Gasteiger partial charge in [-0.25, -0.2) is 9.78 Å². The summed E-state index contributed by atoms with van der Waals surface area (Å²) in [7, 11) is 0. The molecule has 1 aromatic carbocycles. The molecule has 1 aliphatic rings. The fourth-order valence-corrected chi connectivity index (χ4v) is 3.59. The summed E-state index contributed by atoms with van der Waals surface area (Å²) in [5, 5.41) is 11.6. The third-order valence-electron chi connectivity index (χ3n) is 4.32. The van der Waals surface area contributed by atoms with E-state index >= 15 is 0 Å². The number of ether oxygens (including phenoxy) is 1. The SMILES string of the molecule is Cc1ccc(NC(=O)Nc2nc(CN3CCNCC3)cs2)c(OCC(C)C)c1. The molecule has 0 bridgehead atoms. The van der Waals surface area contributed by atoms with Crippen molar-refractivity contribution in [2.24, 2.45) is 5.92 Å². The van der Waals surface area contributed by atoms with Crippen molar-refractivity contribution in [1.29, 1.82) is 0 Å². The second-order valence-corrected chi connectivity index (χ2v) is 8.31. The third kappa shape index (κ3) is 6.19. The number of carbonyl (C=O) groups excluding carboxylic acids is 1. The minimum absolute atomic E-state index is 0.318. The molecule has 1 aliphatic heterocycles. The lowest BCUT2D eigenvalue weighted by molar-refractivity contribution is 0.231. The summed E-state index contributed by atoms with van der Waals surface area (Å²) in [4.78, 5) is 19.3. The lowest BCUT2D eigenvalue weighted by Crippen LogP contribution is -2.42. The lowest BCUT2D eigenvalue weighted by atomic mass is 10.2. The predicted molar refractivity (Wildman–Crippen MR) is 114 cm³/mol. The largest absolute Gasteiger partial charge is 0.491 e. The molecular formula is C20H29N5O2S. The number of carbonyl (C=O) groups is 1. The predicted octanol–water partition coefficient (Wildman–Crippen LogP) is 3.54. The number of nitrogens with one attached hydrogen (secondary N) is 3. The molecule has 1 fully saturated rings. The summed E-state index contributed by atoms with van der Waals surface area (Å²) in [6, 6.07) is 5.43. The molecule has 3 N–H and O–H groups in total. The number of piperazine rings is 1. The minimum atomic E-state index is -0.318. The maximum Gasteiger partial charge on any atom is 0.325 e. The van der Waals surface area contributed by atoms with Gasteiger partial charge in [0.25, 0.3) is 0 Å². The second-order valence-electron chi connectivity index (χ2n) is 7.45. The Labute approximate surface area is 170 Å². The Morgan fingerprint density at radius 3 is 2.86 bits per heavy atom. The molecule has 1 saturated heterocycles. The zero-order valence-corrected chi connectivity index (χ0v) is 17.6. The standard InChI is InChI=1S/C20H29N5O2S/c1-14(2)12-27-18-10-15(3)4-5-17(18)23-19(26)24-20-22-16(13-28-20)11-25-8-6-21-7-9-25/h4-5,10,13-14,21H,6-9,11-12H2,1-3H3,(H2,22,23,24,26). The van der Waals surface area contributed by atoms with E-state index in [0.717, 1.165) is 44.0 Å². The molecule has 3 rings (SSSR count). The Balaban J connectivity index is 1.57. The van der Waals surface area contributed by atoms with Crippen molar-refractivity contribution in [3.63, 3.8) is 0 Å². The van der Waals surface area contributed by atoms with Gasteiger partial charge in [0.1, 0.15) is 5.75 Å². The molecule has 8 heteroatoms. The van der Waals surface area contributed by atoms with Crippen molar-refractivity contribution in [3.05, 3.63) is 34.8 Å². The molecular weight excluding hydrogens is 374 g/mol. The number of benzene rings is 1. The molecule has 0 spiro atoms. The molecule has 2 amide bonds. The molecule has 28 heavy (non-hydrogen) atoms. The number of hydrogen-bond acceptors (Lipinski definition) is 6. The maximum atomic E-state index is 12.4. The van der Waals surface area contributed by atoms with Gasteiger partial charge >= 0.3 is 6.03 Å². The summed E-state index contributed by atoms with van der Waals surface area (Å²) in [5.41, 5.74) is 2.72. The van der Waals surface area contributed by atoms with E-state index in [-0.39, 0.29) is 6.03 Å². The summed E-state index contributed by atoms with van der Waals surface area (Å²) in [5.74, 6) is 1.09. The number of nitrogens with zero attached hydrogens (tertiary/aromatic N) is 2. The molecule has 2 aromatic rings. The fourth-order valence-electron chi connectivity index (χ4n) is 2.89. The van der Waals surface area contributed by atoms with Gasteiger partial charge in [0, 0.05) is 38.1 Å². The van der Waals surface area contributed by atoms with Crippen LogP contribution in [0.15, 0.2) is 23.6 Å². The van der Waals surface area contributed by atoms with Gasteiger partial charge in [-0.1, -0.05) is 19.9 Å². The Morgan fingerprint density at radius 1 is 1.32 bits per heavy atom. The van der Waals surface area contributed by atoms with E-state index in [1.807, 2.05) is 30.5 Å². The Morgan fingerprint density at radius 2 is 2.11 bits per heavy atom. The zero-order valence-electron chi connectivity index (χ0n) is 16.7. The summed E-state index contributed by atoms with van der Waals surface area (Å²) < 4.78 is 5.85. The number of anilines is 2. The molecule has 0 aliphatic carbocycles. The number of aryl methyl sites for hydroxylation is 1. The number of urea groups is 1. The van der Waals surface area contributed by atoms with E-state index in [1.165, 1.54) is 11.3 Å². The van der Waals surface area contributed by atoms with E-state index in [0.29, 0.717) is 29.1 Å². The number of thiazole rings is 1. The molecule has 0 radical (unpaired) electrons. The quantitative estimate of drug-likeness (QED) is 0.659. The first-order chi connectivity index (χ1) is 13.5. The highest BCUT2D eigenvalue weighted by Crippen LogP contribution is 2.27. The van der Waals surface area contributed by atoms with Gasteiger partial charge in [0.2, 0.25) is 0 Å². The molecule has 0 unspecified atom stereocenters. The van der Waals surface area contributed by atoms with Crippen LogP contribution in [0.25, 0.3) is 0 Å². The Kier molecular flexibility index (Phi) is 7.24. The monoisotopic (exact) mass is 403 g/mol. The van der Waals surface area contributed by atoms with Crippen LogP contribution in [0.2, 0.25) is 0 Å². The van der Waals surface area contributed by atoms with Gasteiger partial charge < -0.3 is 15.4 Å². The van der Waals surface area contributed by atoms with Gasteiger partial charge in [0.05, 0.1) is 18.0 Å². The number of aromatic nitrogens is 1. The molecule has 0 saturated carbocycles. The van der Waals surface area contributed by atoms with Crippen LogP contribution < -0.4 is 20.7 Å². The summed E-state index contributed by atoms with van der Waals surface area (Å²) in [6.07, 6.45) is 0. The van der Waals surface area contributed by atoms with Crippen molar-refractivity contribution in [1.82, 2.24) is 15.2 Å². The molecule has 2 heterocycles. The normalized spacial score (nSPS) is 14.9. The van der Waals surface area contributed by atoms with Crippen molar-refractivity contribution in [2.45, 2.75) is 27.3 Å². The van der Waals surface area contributed by atoms with Crippen LogP contribution in [0.5, 0.6) is 5.75 Å². The highest BCUT2D eigenvalue weighted by molar-refractivity contribution is 7.13. The first-order valence-electron chi connectivity index (χ1n) is 9.68. The highest BCUT2D eigenvalue weighted by Gasteiger charge is 2.14. The van der Waals surface area contributed by atoms with Crippen LogP contribution >= 0.6 is 11.3 Å². The molecule has 152 valence electrons. The first-order valence-corrected chi connectivity index (χ1v) is 10.6. The van der Waals surface area contributed by atoms with E-state index in [4.69, 9.17) is 4.74 Å². The highest BCUT2D eigenvalue weighted by atomic mass is 32.1. The summed E-state index contributed by atoms with van der Waals surface area (Å²) in [6.45, 7) is 11.7. The van der Waals surface area contributed by atoms with Crippen molar-refractivity contribution in [2.75, 3.05) is 43.4 Å². The summed E-state index contributed by atoms with van der Waals surface area (Å²) >= 11 is 1.44. The Bertz CT molecular complexity index is 787. The van der Waals surface area contributed by atoms with Crippen LogP contribution in [0.1, 0.15) is 25.1 Å². The first kappa shape index (κ1) is 20.6. The van der Waals surface area contributed by atoms with E-state index in [2.05, 4.69) is 39.7 Å². The maximum absolute atomic E-state index is 12.4.